The molecule has 0 spiro atoms. The molecule has 0 fully saturated rings. The van der Waals surface area contributed by atoms with Crippen LogP contribution in [-0.4, -0.2) is 22.1 Å². The summed E-state index contributed by atoms with van der Waals surface area (Å²) in [6.07, 6.45) is 5.12. The van der Waals surface area contributed by atoms with Gasteiger partial charge >= 0.3 is 0 Å². The van der Waals surface area contributed by atoms with Gasteiger partial charge in [-0.2, -0.15) is 0 Å². The van der Waals surface area contributed by atoms with Gasteiger partial charge in [0.2, 0.25) is 0 Å². The van der Waals surface area contributed by atoms with Crippen molar-refractivity contribution in [3.8, 4) is 5.75 Å². The van der Waals surface area contributed by atoms with Gasteiger partial charge in [-0.3, -0.25) is 0 Å². The van der Waals surface area contributed by atoms with E-state index in [1.165, 1.54) is 12.1 Å². The van der Waals surface area contributed by atoms with E-state index in [1.807, 2.05) is 19.1 Å². The number of aliphatic hydroxyl groups excluding tert-OH is 1. The molecule has 3 rings (SSSR count). The van der Waals surface area contributed by atoms with Crippen LogP contribution >= 0.6 is 11.8 Å². The smallest absolute Gasteiger partial charge is 0.123 e. The minimum Gasteiger partial charge on any atom is -0.508 e. The maximum atomic E-state index is 13.5. The number of phenolic OH excluding ortho intramolecular Hbond substituents is 1. The molecule has 1 aliphatic rings. The minimum atomic E-state index is -0.635. The van der Waals surface area contributed by atoms with Crippen LogP contribution in [0.3, 0.4) is 0 Å². The second-order valence-electron chi connectivity index (χ2n) is 6.97. The van der Waals surface area contributed by atoms with E-state index in [-0.39, 0.29) is 22.9 Å². The van der Waals surface area contributed by atoms with E-state index in [2.05, 4.69) is 13.0 Å². The molecule has 1 aliphatic heterocycles. The maximum absolute atomic E-state index is 13.5. The third kappa shape index (κ3) is 3.53. The highest BCUT2D eigenvalue weighted by atomic mass is 32.2. The molecule has 2 nitrogen and oxygen atoms in total. The monoisotopic (exact) mass is 372 g/mol. The SMILES string of the molecule is C/C=C/C[C@]1(CC)CSc2ccc(O)cc2[C@@H](c2ccc(F)cc2)[C@H]1O. The van der Waals surface area contributed by atoms with Crippen molar-refractivity contribution in [3.05, 3.63) is 71.6 Å². The fourth-order valence-electron chi connectivity index (χ4n) is 3.76. The first-order chi connectivity index (χ1) is 12.5. The predicted molar refractivity (Wildman–Crippen MR) is 105 cm³/mol. The number of fused-ring (bicyclic) bond motifs is 1. The summed E-state index contributed by atoms with van der Waals surface area (Å²) in [5.74, 6) is 0.377. The number of hydrogen-bond acceptors (Lipinski definition) is 3. The fourth-order valence-corrected chi connectivity index (χ4v) is 5.21. The molecule has 0 bridgehead atoms. The largest absolute Gasteiger partial charge is 0.508 e. The van der Waals surface area contributed by atoms with Gasteiger partial charge < -0.3 is 10.2 Å². The van der Waals surface area contributed by atoms with Crippen LogP contribution in [0.25, 0.3) is 0 Å². The number of halogens is 1. The van der Waals surface area contributed by atoms with E-state index in [1.54, 1.807) is 36.0 Å². The Kier molecular flexibility index (Phi) is 5.73. The standard InChI is InChI=1S/C22H25FO2S/c1-3-5-12-22(4-2)14-26-19-11-10-17(24)13-18(19)20(21(22)25)15-6-8-16(23)9-7-15/h3,5-11,13,20-21,24-25H,4,12,14H2,1-2H3/b5-3+/t20-,21-,22-/m1/s1. The third-order valence-electron chi connectivity index (χ3n) is 5.48. The molecule has 0 radical (unpaired) electrons. The highest BCUT2D eigenvalue weighted by molar-refractivity contribution is 7.99. The summed E-state index contributed by atoms with van der Waals surface area (Å²) < 4.78 is 13.5. The van der Waals surface area contributed by atoms with Gasteiger partial charge in [0.25, 0.3) is 0 Å². The van der Waals surface area contributed by atoms with Crippen molar-refractivity contribution < 1.29 is 14.6 Å². The van der Waals surface area contributed by atoms with Gasteiger partial charge in [0.05, 0.1) is 6.10 Å². The molecule has 2 aromatic carbocycles. The lowest BCUT2D eigenvalue weighted by Crippen LogP contribution is -2.40. The van der Waals surface area contributed by atoms with Crippen LogP contribution in [-0.2, 0) is 0 Å². The average molecular weight is 373 g/mol. The molecule has 0 aliphatic carbocycles. The number of allylic oxidation sites excluding steroid dienone is 2. The lowest BCUT2D eigenvalue weighted by molar-refractivity contribution is 0.0274. The van der Waals surface area contributed by atoms with Gasteiger partial charge in [0, 0.05) is 22.0 Å². The molecule has 0 amide bonds. The Hall–Kier alpha value is -1.78. The number of benzene rings is 2. The molecule has 0 saturated heterocycles. The summed E-state index contributed by atoms with van der Waals surface area (Å²) in [5.41, 5.74) is 1.49. The number of aromatic hydroxyl groups is 1. The van der Waals surface area contributed by atoms with E-state index >= 15 is 0 Å². The van der Waals surface area contributed by atoms with Crippen molar-refractivity contribution in [2.75, 3.05) is 5.75 Å². The van der Waals surface area contributed by atoms with E-state index in [4.69, 9.17) is 0 Å². The number of rotatable bonds is 4. The van der Waals surface area contributed by atoms with Crippen molar-refractivity contribution in [2.45, 2.75) is 43.6 Å². The van der Waals surface area contributed by atoms with Crippen LogP contribution in [0.5, 0.6) is 5.75 Å². The van der Waals surface area contributed by atoms with Crippen molar-refractivity contribution in [1.82, 2.24) is 0 Å². The van der Waals surface area contributed by atoms with Gasteiger partial charge in [-0.05, 0) is 61.2 Å². The zero-order chi connectivity index (χ0) is 18.7. The Labute approximate surface area is 158 Å². The topological polar surface area (TPSA) is 40.5 Å². The van der Waals surface area contributed by atoms with Gasteiger partial charge in [-0.15, -0.1) is 11.8 Å². The van der Waals surface area contributed by atoms with Crippen LogP contribution in [0.2, 0.25) is 0 Å². The first-order valence-electron chi connectivity index (χ1n) is 9.01. The number of aliphatic hydroxyl groups is 1. The average Bonchev–Trinajstić information content (AvgIpc) is 2.76. The van der Waals surface area contributed by atoms with E-state index in [9.17, 15) is 14.6 Å². The van der Waals surface area contributed by atoms with Gasteiger partial charge in [0.1, 0.15) is 11.6 Å². The molecule has 0 unspecified atom stereocenters. The number of phenols is 1. The van der Waals surface area contributed by atoms with Crippen LogP contribution in [0, 0.1) is 11.2 Å². The van der Waals surface area contributed by atoms with E-state index < -0.39 is 6.10 Å². The quantitative estimate of drug-likeness (QED) is 0.697. The van der Waals surface area contributed by atoms with Crippen LogP contribution in [0.1, 0.15) is 43.7 Å². The highest BCUT2D eigenvalue weighted by Crippen LogP contribution is 2.50. The predicted octanol–water partition coefficient (Wildman–Crippen LogP) is 5.49. The molecular weight excluding hydrogens is 347 g/mol. The minimum absolute atomic E-state index is 0.182. The van der Waals surface area contributed by atoms with Gasteiger partial charge in [-0.1, -0.05) is 31.2 Å². The normalized spacial score (nSPS) is 25.8. The van der Waals surface area contributed by atoms with Gasteiger partial charge in [0.15, 0.2) is 0 Å². The van der Waals surface area contributed by atoms with E-state index in [0.29, 0.717) is 0 Å². The van der Waals surface area contributed by atoms with E-state index in [0.717, 1.165) is 34.6 Å². The molecule has 2 aromatic rings. The second kappa shape index (κ2) is 7.85. The zero-order valence-corrected chi connectivity index (χ0v) is 16.0. The van der Waals surface area contributed by atoms with Crippen LogP contribution < -0.4 is 0 Å². The number of hydrogen-bond donors (Lipinski definition) is 2. The Balaban J connectivity index is 2.16. The lowest BCUT2D eigenvalue weighted by atomic mass is 9.69. The zero-order valence-electron chi connectivity index (χ0n) is 15.2. The molecule has 3 atom stereocenters. The molecule has 2 N–H and O–H groups in total. The Morgan fingerprint density at radius 2 is 1.96 bits per heavy atom. The van der Waals surface area contributed by atoms with Crippen molar-refractivity contribution in [1.29, 1.82) is 0 Å². The highest BCUT2D eigenvalue weighted by Gasteiger charge is 2.44. The van der Waals surface area contributed by atoms with Crippen LogP contribution in [0.4, 0.5) is 4.39 Å². The fraction of sp³-hybridized carbons (Fsp3) is 0.364. The van der Waals surface area contributed by atoms with Crippen molar-refractivity contribution in [2.24, 2.45) is 5.41 Å². The third-order valence-corrected chi connectivity index (χ3v) is 6.88. The summed E-state index contributed by atoms with van der Waals surface area (Å²) in [6, 6.07) is 11.7. The Morgan fingerprint density at radius 1 is 1.23 bits per heavy atom. The Bertz CT molecular complexity index is 787. The molecule has 4 heteroatoms. The second-order valence-corrected chi connectivity index (χ2v) is 7.99. The Morgan fingerprint density at radius 3 is 2.62 bits per heavy atom. The first-order valence-corrected chi connectivity index (χ1v) is 9.99. The number of thioether (sulfide) groups is 1. The van der Waals surface area contributed by atoms with Crippen molar-refractivity contribution in [3.63, 3.8) is 0 Å². The molecular formula is C22H25FO2S. The molecule has 0 saturated carbocycles. The molecule has 0 aromatic heterocycles. The summed E-state index contributed by atoms with van der Waals surface area (Å²) in [6.45, 7) is 4.10. The molecule has 26 heavy (non-hydrogen) atoms. The van der Waals surface area contributed by atoms with Crippen LogP contribution in [0.15, 0.2) is 59.5 Å². The summed E-state index contributed by atoms with van der Waals surface area (Å²) >= 11 is 1.73. The van der Waals surface area contributed by atoms with Crippen molar-refractivity contribution >= 4 is 11.8 Å². The molecule has 138 valence electrons. The summed E-state index contributed by atoms with van der Waals surface area (Å²) in [5, 5.41) is 21.6. The maximum Gasteiger partial charge on any atom is 0.123 e. The summed E-state index contributed by atoms with van der Waals surface area (Å²) in [4.78, 5) is 1.06. The first kappa shape index (κ1) is 19.0. The lowest BCUT2D eigenvalue weighted by Gasteiger charge is -2.39. The van der Waals surface area contributed by atoms with Gasteiger partial charge in [-0.25, -0.2) is 4.39 Å². The summed E-state index contributed by atoms with van der Waals surface area (Å²) in [7, 11) is 0. The molecule has 1 heterocycles.